The van der Waals surface area contributed by atoms with Gasteiger partial charge >= 0.3 is 0 Å². The largest absolute Gasteiger partial charge is 0.340 e. The van der Waals surface area contributed by atoms with Crippen LogP contribution in [0.4, 0.5) is 0 Å². The summed E-state index contributed by atoms with van der Waals surface area (Å²) in [6.07, 6.45) is 7.42. The van der Waals surface area contributed by atoms with Crippen molar-refractivity contribution in [2.75, 3.05) is 33.2 Å². The van der Waals surface area contributed by atoms with Crippen LogP contribution in [0.2, 0.25) is 0 Å². The van der Waals surface area contributed by atoms with E-state index in [-0.39, 0.29) is 5.41 Å². The quantitative estimate of drug-likeness (QED) is 0.692. The highest BCUT2D eigenvalue weighted by molar-refractivity contribution is 5.83. The molecule has 4 fully saturated rings. The molecule has 0 N–H and O–H groups in total. The van der Waals surface area contributed by atoms with E-state index in [0.29, 0.717) is 5.91 Å². The lowest BCUT2D eigenvalue weighted by Crippen LogP contribution is -2.54. The molecule has 0 unspecified atom stereocenters. The summed E-state index contributed by atoms with van der Waals surface area (Å²) in [7, 11) is 2.14. The number of likely N-dealkylation sites (N-methyl/N-ethyl adjacent to an activating group) is 1. The Bertz CT molecular complexity index is 286. The van der Waals surface area contributed by atoms with E-state index in [1.54, 1.807) is 0 Å². The molecular weight excluding hydrogens is 212 g/mol. The van der Waals surface area contributed by atoms with Crippen molar-refractivity contribution >= 4 is 5.91 Å². The molecule has 1 heterocycles. The summed E-state index contributed by atoms with van der Waals surface area (Å²) in [5, 5.41) is 0. The Morgan fingerprint density at radius 2 is 1.53 bits per heavy atom. The highest BCUT2D eigenvalue weighted by Gasteiger charge is 2.47. The minimum absolute atomic E-state index is 0.0602. The van der Waals surface area contributed by atoms with Crippen LogP contribution in [-0.2, 0) is 4.79 Å². The second-order valence-electron chi connectivity index (χ2n) is 6.36. The predicted molar refractivity (Wildman–Crippen MR) is 67.7 cm³/mol. The molecular formula is C14H24N2O. The van der Waals surface area contributed by atoms with Gasteiger partial charge in [-0.2, -0.15) is 0 Å². The topological polar surface area (TPSA) is 23.6 Å². The highest BCUT2D eigenvalue weighted by Crippen LogP contribution is 2.51. The van der Waals surface area contributed by atoms with Crippen molar-refractivity contribution in [3.63, 3.8) is 0 Å². The maximum Gasteiger partial charge on any atom is 0.228 e. The molecule has 2 bridgehead atoms. The van der Waals surface area contributed by atoms with Crippen LogP contribution >= 0.6 is 0 Å². The monoisotopic (exact) mass is 236 g/mol. The van der Waals surface area contributed by atoms with Crippen LogP contribution in [0.25, 0.3) is 0 Å². The normalized spacial score (nSPS) is 38.4. The number of carbonyl (C=O) groups is 1. The third kappa shape index (κ3) is 1.99. The van der Waals surface area contributed by atoms with Gasteiger partial charge in [0.25, 0.3) is 0 Å². The third-order valence-electron chi connectivity index (χ3n) is 5.34. The Labute approximate surface area is 104 Å². The van der Waals surface area contributed by atoms with Gasteiger partial charge in [-0.25, -0.2) is 0 Å². The Morgan fingerprint density at radius 3 is 2.06 bits per heavy atom. The maximum atomic E-state index is 12.7. The van der Waals surface area contributed by atoms with Gasteiger partial charge in [-0.15, -0.1) is 0 Å². The van der Waals surface area contributed by atoms with Crippen molar-refractivity contribution in [1.29, 1.82) is 0 Å². The number of amides is 1. The molecule has 0 aromatic rings. The first-order chi connectivity index (χ1) is 8.20. The van der Waals surface area contributed by atoms with Crippen LogP contribution in [0.5, 0.6) is 0 Å². The second-order valence-corrected chi connectivity index (χ2v) is 6.36. The van der Waals surface area contributed by atoms with Crippen LogP contribution in [0.1, 0.15) is 38.5 Å². The summed E-state index contributed by atoms with van der Waals surface area (Å²) in [5.41, 5.74) is 0.0602. The second kappa shape index (κ2) is 4.27. The fourth-order valence-corrected chi connectivity index (χ4v) is 3.92. The number of fused-ring (bicyclic) bond motifs is 3. The number of nitrogens with zero attached hydrogens (tertiary/aromatic N) is 2. The van der Waals surface area contributed by atoms with Gasteiger partial charge in [-0.1, -0.05) is 0 Å². The summed E-state index contributed by atoms with van der Waals surface area (Å²) in [4.78, 5) is 17.2. The molecule has 0 radical (unpaired) electrons. The minimum Gasteiger partial charge on any atom is -0.340 e. The molecule has 3 heteroatoms. The zero-order valence-electron chi connectivity index (χ0n) is 11.0. The minimum atomic E-state index is 0.0602. The van der Waals surface area contributed by atoms with Crippen LogP contribution in [0.3, 0.4) is 0 Å². The number of piperazine rings is 1. The zero-order valence-corrected chi connectivity index (χ0v) is 11.0. The average molecular weight is 236 g/mol. The van der Waals surface area contributed by atoms with E-state index in [9.17, 15) is 4.79 Å². The molecule has 0 aromatic heterocycles. The number of hydrogen-bond donors (Lipinski definition) is 0. The maximum absolute atomic E-state index is 12.7. The molecule has 1 aliphatic heterocycles. The van der Waals surface area contributed by atoms with Gasteiger partial charge < -0.3 is 9.80 Å². The van der Waals surface area contributed by atoms with E-state index in [2.05, 4.69) is 16.8 Å². The van der Waals surface area contributed by atoms with E-state index in [1.807, 2.05) is 0 Å². The molecule has 0 aromatic carbocycles. The van der Waals surface area contributed by atoms with Crippen molar-refractivity contribution in [3.05, 3.63) is 0 Å². The molecule has 17 heavy (non-hydrogen) atoms. The first-order valence-corrected chi connectivity index (χ1v) is 7.18. The van der Waals surface area contributed by atoms with Gasteiger partial charge in [-0.05, 0) is 51.5 Å². The number of carbonyl (C=O) groups excluding carboxylic acids is 1. The Hall–Kier alpha value is -0.570. The average Bonchev–Trinajstić information content (AvgIpc) is 2.41. The van der Waals surface area contributed by atoms with Crippen LogP contribution < -0.4 is 0 Å². The smallest absolute Gasteiger partial charge is 0.228 e. The summed E-state index contributed by atoms with van der Waals surface area (Å²) in [6, 6.07) is 0. The van der Waals surface area contributed by atoms with Crippen LogP contribution in [0.15, 0.2) is 0 Å². The number of hydrogen-bond acceptors (Lipinski definition) is 2. The summed E-state index contributed by atoms with van der Waals surface area (Å²) >= 11 is 0. The molecule has 3 nitrogen and oxygen atoms in total. The van der Waals surface area contributed by atoms with Gasteiger partial charge in [0.1, 0.15) is 0 Å². The lowest BCUT2D eigenvalue weighted by Gasteiger charge is -2.48. The van der Waals surface area contributed by atoms with E-state index in [4.69, 9.17) is 0 Å². The molecule has 3 saturated carbocycles. The van der Waals surface area contributed by atoms with Gasteiger partial charge in [-0.3, -0.25) is 4.79 Å². The molecule has 1 amide bonds. The fourth-order valence-electron chi connectivity index (χ4n) is 3.92. The predicted octanol–water partition coefficient (Wildman–Crippen LogP) is 1.73. The molecule has 0 spiro atoms. The highest BCUT2D eigenvalue weighted by atomic mass is 16.2. The van der Waals surface area contributed by atoms with E-state index < -0.39 is 0 Å². The first-order valence-electron chi connectivity index (χ1n) is 7.18. The fraction of sp³-hybridized carbons (Fsp3) is 0.929. The standard InChI is InChI=1S/C14H24N2O/c1-15-8-10-16(11-9-15)13(17)14-5-2-12(3-6-14)4-7-14/h12H,2-11H2,1H3. The SMILES string of the molecule is CN1CCN(C(=O)C23CCC(CC2)CC3)CC1. The molecule has 0 atom stereocenters. The Kier molecular flexibility index (Phi) is 2.89. The van der Waals surface area contributed by atoms with Crippen molar-refractivity contribution in [2.24, 2.45) is 11.3 Å². The third-order valence-corrected chi connectivity index (χ3v) is 5.34. The lowest BCUT2D eigenvalue weighted by molar-refractivity contribution is -0.150. The van der Waals surface area contributed by atoms with Crippen LogP contribution in [-0.4, -0.2) is 48.9 Å². The van der Waals surface area contributed by atoms with E-state index in [0.717, 1.165) is 32.1 Å². The Balaban J connectivity index is 1.68. The summed E-state index contributed by atoms with van der Waals surface area (Å²) < 4.78 is 0. The molecule has 4 rings (SSSR count). The summed E-state index contributed by atoms with van der Waals surface area (Å²) in [6.45, 7) is 3.98. The van der Waals surface area contributed by atoms with Crippen molar-refractivity contribution in [1.82, 2.24) is 9.80 Å². The van der Waals surface area contributed by atoms with Crippen molar-refractivity contribution in [3.8, 4) is 0 Å². The van der Waals surface area contributed by atoms with Gasteiger partial charge in [0.15, 0.2) is 0 Å². The van der Waals surface area contributed by atoms with Crippen molar-refractivity contribution in [2.45, 2.75) is 38.5 Å². The zero-order chi connectivity index (χ0) is 11.9. The first kappa shape index (κ1) is 11.5. The van der Waals surface area contributed by atoms with E-state index in [1.165, 1.54) is 38.5 Å². The lowest BCUT2D eigenvalue weighted by atomic mass is 9.60. The summed E-state index contributed by atoms with van der Waals surface area (Å²) in [5.74, 6) is 1.43. The van der Waals surface area contributed by atoms with Crippen molar-refractivity contribution < 1.29 is 4.79 Å². The van der Waals surface area contributed by atoms with E-state index >= 15 is 0 Å². The van der Waals surface area contributed by atoms with Gasteiger partial charge in [0.05, 0.1) is 0 Å². The Morgan fingerprint density at radius 1 is 1.00 bits per heavy atom. The molecule has 1 saturated heterocycles. The van der Waals surface area contributed by atoms with Crippen LogP contribution in [0, 0.1) is 11.3 Å². The van der Waals surface area contributed by atoms with Gasteiger partial charge in [0, 0.05) is 31.6 Å². The van der Waals surface area contributed by atoms with Gasteiger partial charge in [0.2, 0.25) is 5.91 Å². The molecule has 96 valence electrons. The number of rotatable bonds is 1. The molecule has 4 aliphatic rings. The molecule has 3 aliphatic carbocycles.